The molecule has 1 saturated carbocycles. The third kappa shape index (κ3) is 4.57. The number of nitrogens with one attached hydrogen (secondary N) is 1. The zero-order chi connectivity index (χ0) is 34.2. The minimum Gasteiger partial charge on any atom is -0.507 e. The number of rotatable bonds is 5. The molecule has 0 radical (unpaired) electrons. The second kappa shape index (κ2) is 11.3. The van der Waals surface area contributed by atoms with E-state index in [2.05, 4.69) is 11.4 Å². The summed E-state index contributed by atoms with van der Waals surface area (Å²) in [6.45, 7) is 5.53. The molecule has 6 atom stereocenters. The first-order chi connectivity index (χ1) is 23.6. The molecule has 0 spiro atoms. The quantitative estimate of drug-likeness (QED) is 0.175. The summed E-state index contributed by atoms with van der Waals surface area (Å²) in [5.41, 5.74) is 4.74. The largest absolute Gasteiger partial charge is 0.507 e. The molecule has 8 rings (SSSR count). The predicted octanol–water partition coefficient (Wildman–Crippen LogP) is 7.19. The molecule has 2 aliphatic carbocycles. The number of nitrogens with zero attached hydrogens (tertiary/aromatic N) is 2. The number of carbonyl (C=O) groups excluding carboxylic acids is 4. The number of anilines is 4. The number of phenolic OH excluding ortho intramolecular Hbond substituents is 1. The number of carbonyl (C=O) groups is 4. The molecule has 246 valence electrons. The van der Waals surface area contributed by atoms with Crippen LogP contribution in [0.15, 0.2) is 109 Å². The molecule has 2 saturated heterocycles. The van der Waals surface area contributed by atoms with Crippen molar-refractivity contribution in [2.75, 3.05) is 15.1 Å². The Hall–Kier alpha value is -5.50. The molecule has 4 aromatic carbocycles. The monoisotopic (exact) mass is 651 g/mol. The molecule has 2 aliphatic heterocycles. The number of imide groups is 2. The van der Waals surface area contributed by atoms with Gasteiger partial charge in [-0.1, -0.05) is 60.2 Å². The number of aromatic hydroxyl groups is 1. The van der Waals surface area contributed by atoms with Gasteiger partial charge in [-0.25, -0.2) is 4.90 Å². The second-order valence-electron chi connectivity index (χ2n) is 14.1. The van der Waals surface area contributed by atoms with Crippen LogP contribution < -0.4 is 15.1 Å². The van der Waals surface area contributed by atoms with Crippen molar-refractivity contribution in [3.8, 4) is 5.75 Å². The first kappa shape index (κ1) is 30.8. The van der Waals surface area contributed by atoms with Crippen molar-refractivity contribution in [3.05, 3.63) is 125 Å². The number of hydrogen-bond donors (Lipinski definition) is 2. The van der Waals surface area contributed by atoms with Crippen molar-refractivity contribution in [2.45, 2.75) is 39.5 Å². The number of hydrogen-bond acceptors (Lipinski definition) is 6. The molecule has 4 aliphatic rings. The summed E-state index contributed by atoms with van der Waals surface area (Å²) in [5, 5.41) is 14.0. The van der Waals surface area contributed by atoms with Crippen LogP contribution in [-0.4, -0.2) is 28.7 Å². The van der Waals surface area contributed by atoms with Gasteiger partial charge in [-0.2, -0.15) is 0 Å². The molecule has 8 nitrogen and oxygen atoms in total. The van der Waals surface area contributed by atoms with Gasteiger partial charge in [0.2, 0.25) is 23.6 Å². The van der Waals surface area contributed by atoms with Gasteiger partial charge in [-0.3, -0.25) is 24.1 Å². The summed E-state index contributed by atoms with van der Waals surface area (Å²) in [6.07, 6.45) is 2.71. The predicted molar refractivity (Wildman–Crippen MR) is 187 cm³/mol. The fourth-order valence-electron chi connectivity index (χ4n) is 9.01. The fourth-order valence-corrected chi connectivity index (χ4v) is 9.01. The van der Waals surface area contributed by atoms with Crippen LogP contribution >= 0.6 is 0 Å². The number of aryl methyl sites for hydroxylation is 2. The summed E-state index contributed by atoms with van der Waals surface area (Å²) in [7, 11) is 0. The molecule has 8 heteroatoms. The molecule has 0 aromatic heterocycles. The maximum atomic E-state index is 14.6. The standard InChI is InChI=1S/C41H37N3O5/c1-23-20-25(21-24(2)36(23)45)35-30-18-19-31-34(32(30)22-33-38(47)44(40(49)41(33,35)3)28-12-8-5-9-13-28)39(48)43(37(31)46)29-16-14-27(15-17-29)42-26-10-6-4-7-11-26/h4-18,20-21,31-35,42,45H,19,22H2,1-3H3/t31-,32+,33-,34-,35-,41+/m0/s1. The van der Waals surface area contributed by atoms with Crippen LogP contribution in [0.2, 0.25) is 0 Å². The Labute approximate surface area is 285 Å². The summed E-state index contributed by atoms with van der Waals surface area (Å²) in [4.78, 5) is 60.0. The first-order valence-corrected chi connectivity index (χ1v) is 16.8. The van der Waals surface area contributed by atoms with Gasteiger partial charge in [0.1, 0.15) is 5.75 Å². The Morgan fingerprint density at radius 1 is 0.714 bits per heavy atom. The van der Waals surface area contributed by atoms with Crippen molar-refractivity contribution in [2.24, 2.45) is 29.1 Å². The van der Waals surface area contributed by atoms with Gasteiger partial charge < -0.3 is 10.4 Å². The molecule has 2 N–H and O–H groups in total. The van der Waals surface area contributed by atoms with Crippen molar-refractivity contribution in [3.63, 3.8) is 0 Å². The van der Waals surface area contributed by atoms with Gasteiger partial charge in [-0.15, -0.1) is 0 Å². The summed E-state index contributed by atoms with van der Waals surface area (Å²) < 4.78 is 0. The lowest BCUT2D eigenvalue weighted by Crippen LogP contribution is -2.49. The number of phenols is 1. The van der Waals surface area contributed by atoms with E-state index in [-0.39, 0.29) is 35.8 Å². The van der Waals surface area contributed by atoms with E-state index in [0.29, 0.717) is 28.9 Å². The minimum atomic E-state index is -1.13. The Morgan fingerprint density at radius 2 is 1.31 bits per heavy atom. The lowest BCUT2D eigenvalue weighted by molar-refractivity contribution is -0.131. The number of benzene rings is 4. The van der Waals surface area contributed by atoms with Gasteiger partial charge in [0.25, 0.3) is 0 Å². The van der Waals surface area contributed by atoms with Gasteiger partial charge in [0.15, 0.2) is 0 Å². The Bertz CT molecular complexity index is 2030. The Kier molecular flexibility index (Phi) is 7.10. The highest BCUT2D eigenvalue weighted by Gasteiger charge is 2.67. The smallest absolute Gasteiger partial charge is 0.241 e. The third-order valence-electron chi connectivity index (χ3n) is 11.3. The molecule has 2 heterocycles. The lowest BCUT2D eigenvalue weighted by atomic mass is 9.51. The van der Waals surface area contributed by atoms with Crippen LogP contribution in [0.5, 0.6) is 5.75 Å². The van der Waals surface area contributed by atoms with E-state index < -0.39 is 35.0 Å². The van der Waals surface area contributed by atoms with Crippen molar-refractivity contribution >= 4 is 46.4 Å². The summed E-state index contributed by atoms with van der Waals surface area (Å²) in [6, 6.07) is 29.8. The van der Waals surface area contributed by atoms with E-state index in [9.17, 15) is 24.3 Å². The number of para-hydroxylation sites is 2. The minimum absolute atomic E-state index is 0.187. The van der Waals surface area contributed by atoms with E-state index in [1.54, 1.807) is 36.4 Å². The summed E-state index contributed by atoms with van der Waals surface area (Å²) in [5.74, 6) is -3.75. The average Bonchev–Trinajstić information content (AvgIpc) is 3.47. The molecule has 3 fully saturated rings. The van der Waals surface area contributed by atoms with Gasteiger partial charge in [0, 0.05) is 17.3 Å². The Morgan fingerprint density at radius 3 is 1.96 bits per heavy atom. The van der Waals surface area contributed by atoms with E-state index in [4.69, 9.17) is 0 Å². The maximum Gasteiger partial charge on any atom is 0.241 e. The van der Waals surface area contributed by atoms with Crippen LogP contribution in [0.4, 0.5) is 22.7 Å². The highest BCUT2D eigenvalue weighted by atomic mass is 16.3. The highest BCUT2D eigenvalue weighted by molar-refractivity contribution is 6.25. The molecule has 0 bridgehead atoms. The normalized spacial score (nSPS) is 27.5. The van der Waals surface area contributed by atoms with E-state index in [0.717, 1.165) is 22.5 Å². The highest BCUT2D eigenvalue weighted by Crippen LogP contribution is 2.64. The van der Waals surface area contributed by atoms with E-state index in [1.165, 1.54) is 9.80 Å². The van der Waals surface area contributed by atoms with Crippen LogP contribution in [0.25, 0.3) is 0 Å². The third-order valence-corrected chi connectivity index (χ3v) is 11.3. The zero-order valence-corrected chi connectivity index (χ0v) is 27.6. The van der Waals surface area contributed by atoms with Gasteiger partial charge >= 0.3 is 0 Å². The van der Waals surface area contributed by atoms with Crippen LogP contribution in [0.1, 0.15) is 42.4 Å². The molecule has 0 unspecified atom stereocenters. The summed E-state index contributed by atoms with van der Waals surface area (Å²) >= 11 is 0. The van der Waals surface area contributed by atoms with Crippen molar-refractivity contribution in [1.82, 2.24) is 0 Å². The molecule has 4 amide bonds. The number of amides is 4. The lowest BCUT2D eigenvalue weighted by Gasteiger charge is -2.49. The van der Waals surface area contributed by atoms with Crippen molar-refractivity contribution < 1.29 is 24.3 Å². The maximum absolute atomic E-state index is 14.6. The average molecular weight is 652 g/mol. The van der Waals surface area contributed by atoms with E-state index >= 15 is 0 Å². The first-order valence-electron chi connectivity index (χ1n) is 16.8. The second-order valence-corrected chi connectivity index (χ2v) is 14.1. The molecular weight excluding hydrogens is 614 g/mol. The molecule has 49 heavy (non-hydrogen) atoms. The van der Waals surface area contributed by atoms with Gasteiger partial charge in [0.05, 0.1) is 34.5 Å². The van der Waals surface area contributed by atoms with Crippen LogP contribution in [0, 0.1) is 42.9 Å². The zero-order valence-electron chi connectivity index (χ0n) is 27.6. The van der Waals surface area contributed by atoms with Gasteiger partial charge in [-0.05, 0) is 105 Å². The topological polar surface area (TPSA) is 107 Å². The number of fused-ring (bicyclic) bond motifs is 4. The fraction of sp³-hybridized carbons (Fsp3) is 0.268. The van der Waals surface area contributed by atoms with Crippen molar-refractivity contribution in [1.29, 1.82) is 0 Å². The molecular formula is C41H37N3O5. The Balaban J connectivity index is 1.19. The van der Waals surface area contributed by atoms with Crippen LogP contribution in [0.3, 0.4) is 0 Å². The molecule has 4 aromatic rings. The van der Waals surface area contributed by atoms with Crippen LogP contribution in [-0.2, 0) is 19.2 Å². The van der Waals surface area contributed by atoms with E-state index in [1.807, 2.05) is 81.4 Å². The SMILES string of the molecule is Cc1cc([C@H]2C3=CC[C@@H]4C(=O)N(c5ccc(Nc6ccccc6)cc5)C(=O)[C@@H]4[C@@H]3C[C@H]3C(=O)N(c4ccccc4)C(=O)[C@@]23C)cc(C)c1O. The number of allylic oxidation sites excluding steroid dienone is 2.